The summed E-state index contributed by atoms with van der Waals surface area (Å²) >= 11 is 5.70. The van der Waals surface area contributed by atoms with Crippen LogP contribution in [-0.2, 0) is 4.79 Å². The van der Waals surface area contributed by atoms with Gasteiger partial charge in [0.25, 0.3) is 0 Å². The first-order valence-corrected chi connectivity index (χ1v) is 6.28. The Morgan fingerprint density at radius 1 is 1.47 bits per heavy atom. The lowest BCUT2D eigenvalue weighted by atomic mass is 10.00. The zero-order chi connectivity index (χ0) is 13.3. The van der Waals surface area contributed by atoms with Gasteiger partial charge in [0.2, 0.25) is 6.41 Å². The van der Waals surface area contributed by atoms with E-state index in [9.17, 15) is 4.79 Å². The second-order valence-corrected chi connectivity index (χ2v) is 4.08. The smallest absolute Gasteiger partial charge is 0.209 e. The predicted octanol–water partition coefficient (Wildman–Crippen LogP) is 3.34. The van der Waals surface area contributed by atoms with Crippen molar-refractivity contribution in [3.05, 3.63) is 29.0 Å². The maximum atomic E-state index is 10.4. The summed E-state index contributed by atoms with van der Waals surface area (Å²) < 4.78 is 0. The number of aromatic nitrogens is 1. The molecule has 0 aliphatic rings. The Hall–Kier alpha value is -1.09. The first-order chi connectivity index (χ1) is 8.13. The van der Waals surface area contributed by atoms with Crippen molar-refractivity contribution < 1.29 is 4.79 Å². The van der Waals surface area contributed by atoms with E-state index in [2.05, 4.69) is 11.9 Å². The number of nitrogens with zero attached hydrogens (tertiary/aromatic N) is 2. The number of hydrogen-bond donors (Lipinski definition) is 0. The summed E-state index contributed by atoms with van der Waals surface area (Å²) in [5, 5.41) is 0.510. The molecular weight excluding hydrogens is 236 g/mol. The molecule has 1 amide bonds. The van der Waals surface area contributed by atoms with E-state index in [1.165, 1.54) is 0 Å². The van der Waals surface area contributed by atoms with E-state index in [0.29, 0.717) is 11.1 Å². The Morgan fingerprint density at radius 3 is 2.59 bits per heavy atom. The van der Waals surface area contributed by atoms with Crippen LogP contribution in [0.2, 0.25) is 5.15 Å². The minimum atomic E-state index is 0.386. The molecule has 0 aromatic carbocycles. The molecule has 0 N–H and O–H groups in total. The molecule has 1 atom stereocenters. The molecular formula is C13H21ClN2O. The molecule has 0 fully saturated rings. The lowest BCUT2D eigenvalue weighted by Gasteiger charge is -2.15. The van der Waals surface area contributed by atoms with E-state index >= 15 is 0 Å². The highest BCUT2D eigenvalue weighted by Gasteiger charge is 2.06. The molecule has 96 valence electrons. The molecule has 0 spiro atoms. The SMILES string of the molecule is CC.CC(CCN(C)C=O)c1ccc(Cl)nc1. The van der Waals surface area contributed by atoms with Crippen molar-refractivity contribution in [3.8, 4) is 0 Å². The van der Waals surface area contributed by atoms with Gasteiger partial charge in [-0.1, -0.05) is 38.4 Å². The van der Waals surface area contributed by atoms with E-state index in [0.717, 1.165) is 24.9 Å². The molecule has 1 rings (SSSR count). The fourth-order valence-electron chi connectivity index (χ4n) is 1.30. The summed E-state index contributed by atoms with van der Waals surface area (Å²) in [6, 6.07) is 3.76. The molecule has 0 saturated carbocycles. The zero-order valence-electron chi connectivity index (χ0n) is 11.0. The number of carbonyl (C=O) groups is 1. The van der Waals surface area contributed by atoms with Crippen molar-refractivity contribution in [2.75, 3.05) is 13.6 Å². The average molecular weight is 257 g/mol. The highest BCUT2D eigenvalue weighted by atomic mass is 35.5. The van der Waals surface area contributed by atoms with E-state index in [-0.39, 0.29) is 0 Å². The normalized spacial score (nSPS) is 11.1. The van der Waals surface area contributed by atoms with Gasteiger partial charge < -0.3 is 4.90 Å². The third-order valence-electron chi connectivity index (χ3n) is 2.41. The van der Waals surface area contributed by atoms with Crippen LogP contribution in [0.5, 0.6) is 0 Å². The van der Waals surface area contributed by atoms with E-state index < -0.39 is 0 Å². The molecule has 0 saturated heterocycles. The lowest BCUT2D eigenvalue weighted by Crippen LogP contribution is -2.18. The number of carbonyl (C=O) groups excluding carboxylic acids is 1. The minimum Gasteiger partial charge on any atom is -0.348 e. The largest absolute Gasteiger partial charge is 0.348 e. The van der Waals surface area contributed by atoms with Crippen LogP contribution in [0.3, 0.4) is 0 Å². The number of amides is 1. The van der Waals surface area contributed by atoms with Gasteiger partial charge in [0, 0.05) is 19.8 Å². The van der Waals surface area contributed by atoms with Crippen LogP contribution in [0.25, 0.3) is 0 Å². The Balaban J connectivity index is 0.00000121. The molecule has 0 radical (unpaired) electrons. The third-order valence-corrected chi connectivity index (χ3v) is 2.64. The van der Waals surface area contributed by atoms with Gasteiger partial charge in [-0.15, -0.1) is 0 Å². The summed E-state index contributed by atoms with van der Waals surface area (Å²) in [7, 11) is 1.78. The number of halogens is 1. The van der Waals surface area contributed by atoms with Gasteiger partial charge >= 0.3 is 0 Å². The average Bonchev–Trinajstić information content (AvgIpc) is 2.38. The van der Waals surface area contributed by atoms with Gasteiger partial charge in [-0.2, -0.15) is 0 Å². The molecule has 0 aliphatic carbocycles. The van der Waals surface area contributed by atoms with E-state index in [4.69, 9.17) is 11.6 Å². The van der Waals surface area contributed by atoms with Crippen LogP contribution < -0.4 is 0 Å². The van der Waals surface area contributed by atoms with Crippen molar-refractivity contribution in [2.24, 2.45) is 0 Å². The maximum Gasteiger partial charge on any atom is 0.209 e. The fourth-order valence-corrected chi connectivity index (χ4v) is 1.41. The van der Waals surface area contributed by atoms with Crippen LogP contribution in [0, 0.1) is 0 Å². The van der Waals surface area contributed by atoms with Crippen LogP contribution in [0.15, 0.2) is 18.3 Å². The topological polar surface area (TPSA) is 33.2 Å². The number of hydrogen-bond acceptors (Lipinski definition) is 2. The third kappa shape index (κ3) is 6.27. The summed E-state index contributed by atoms with van der Waals surface area (Å²) in [6.07, 6.45) is 3.55. The van der Waals surface area contributed by atoms with Gasteiger partial charge in [-0.25, -0.2) is 4.98 Å². The summed E-state index contributed by atoms with van der Waals surface area (Å²) in [5.74, 6) is 0.386. The van der Waals surface area contributed by atoms with Gasteiger partial charge in [0.05, 0.1) is 0 Å². The molecule has 4 heteroatoms. The molecule has 1 unspecified atom stereocenters. The second-order valence-electron chi connectivity index (χ2n) is 3.69. The Morgan fingerprint density at radius 2 is 2.12 bits per heavy atom. The van der Waals surface area contributed by atoms with E-state index in [1.54, 1.807) is 24.2 Å². The molecule has 1 aromatic heterocycles. The molecule has 17 heavy (non-hydrogen) atoms. The van der Waals surface area contributed by atoms with Crippen LogP contribution >= 0.6 is 11.6 Å². The monoisotopic (exact) mass is 256 g/mol. The van der Waals surface area contributed by atoms with Crippen molar-refractivity contribution in [2.45, 2.75) is 33.1 Å². The second kappa shape index (κ2) is 8.99. The van der Waals surface area contributed by atoms with Gasteiger partial charge in [-0.3, -0.25) is 4.79 Å². The zero-order valence-corrected chi connectivity index (χ0v) is 11.7. The van der Waals surface area contributed by atoms with Gasteiger partial charge in [0.15, 0.2) is 0 Å². The fraction of sp³-hybridized carbons (Fsp3) is 0.538. The van der Waals surface area contributed by atoms with Gasteiger partial charge in [-0.05, 0) is 24.0 Å². The summed E-state index contributed by atoms with van der Waals surface area (Å²) in [5.41, 5.74) is 1.15. The summed E-state index contributed by atoms with van der Waals surface area (Å²) in [6.45, 7) is 6.87. The van der Waals surface area contributed by atoms with Crippen molar-refractivity contribution in [1.82, 2.24) is 9.88 Å². The van der Waals surface area contributed by atoms with Gasteiger partial charge in [0.1, 0.15) is 5.15 Å². The predicted molar refractivity (Wildman–Crippen MR) is 72.3 cm³/mol. The van der Waals surface area contributed by atoms with Crippen molar-refractivity contribution in [3.63, 3.8) is 0 Å². The summed E-state index contributed by atoms with van der Waals surface area (Å²) in [4.78, 5) is 16.1. The lowest BCUT2D eigenvalue weighted by molar-refractivity contribution is -0.117. The molecule has 1 heterocycles. The van der Waals surface area contributed by atoms with Crippen molar-refractivity contribution >= 4 is 18.0 Å². The maximum absolute atomic E-state index is 10.4. The first-order valence-electron chi connectivity index (χ1n) is 5.90. The Labute approximate surface area is 109 Å². The number of pyridine rings is 1. The van der Waals surface area contributed by atoms with Crippen molar-refractivity contribution in [1.29, 1.82) is 0 Å². The molecule has 0 aliphatic heterocycles. The highest BCUT2D eigenvalue weighted by Crippen LogP contribution is 2.19. The Bertz CT molecular complexity index is 314. The first kappa shape index (κ1) is 15.9. The molecule has 3 nitrogen and oxygen atoms in total. The molecule has 1 aromatic rings. The standard InChI is InChI=1S/C11H15ClN2O.C2H6/c1-9(5-6-14(2)8-15)10-3-4-11(12)13-7-10;1-2/h3-4,7-9H,5-6H2,1-2H3;1-2H3. The van der Waals surface area contributed by atoms with Crippen LogP contribution in [0.1, 0.15) is 38.7 Å². The molecule has 0 bridgehead atoms. The minimum absolute atomic E-state index is 0.386. The highest BCUT2D eigenvalue weighted by molar-refractivity contribution is 6.29. The quantitative estimate of drug-likeness (QED) is 0.598. The van der Waals surface area contributed by atoms with Crippen LogP contribution in [0.4, 0.5) is 0 Å². The van der Waals surface area contributed by atoms with Crippen LogP contribution in [-0.4, -0.2) is 29.9 Å². The Kier molecular flexibility index (Phi) is 8.42. The number of rotatable bonds is 5. The van der Waals surface area contributed by atoms with E-state index in [1.807, 2.05) is 19.9 Å².